The fourth-order valence-corrected chi connectivity index (χ4v) is 4.88. The summed E-state index contributed by atoms with van der Waals surface area (Å²) in [6.07, 6.45) is 2.38. The van der Waals surface area contributed by atoms with Crippen molar-refractivity contribution in [2.24, 2.45) is 10.4 Å². The Morgan fingerprint density at radius 3 is 2.92 bits per heavy atom. The molecule has 0 radical (unpaired) electrons. The molecule has 5 nitrogen and oxygen atoms in total. The molecule has 1 spiro atoms. The molecule has 1 aromatic carbocycles. The lowest BCUT2D eigenvalue weighted by Crippen LogP contribution is -2.41. The predicted molar refractivity (Wildman–Crippen MR) is 107 cm³/mol. The number of nitrogens with one attached hydrogen (secondary N) is 1. The second kappa shape index (κ2) is 7.37. The molecule has 26 heavy (non-hydrogen) atoms. The molecule has 2 aliphatic heterocycles. The van der Waals surface area contributed by atoms with Crippen LogP contribution in [0.5, 0.6) is 0 Å². The third-order valence-corrected chi connectivity index (χ3v) is 6.66. The lowest BCUT2D eigenvalue weighted by atomic mass is 9.87. The Hall–Kier alpha value is -1.92. The normalized spacial score (nSPS) is 23.2. The largest absolute Gasteiger partial charge is 0.381 e. The summed E-state index contributed by atoms with van der Waals surface area (Å²) in [7, 11) is 1.87. The highest BCUT2D eigenvalue weighted by molar-refractivity contribution is 7.15. The number of rotatable bonds is 3. The first-order valence-corrected chi connectivity index (χ1v) is 10.1. The van der Waals surface area contributed by atoms with Crippen molar-refractivity contribution in [1.29, 1.82) is 0 Å². The summed E-state index contributed by atoms with van der Waals surface area (Å²) < 4.78 is 5.64. The van der Waals surface area contributed by atoms with E-state index in [4.69, 9.17) is 9.72 Å². The zero-order valence-corrected chi connectivity index (χ0v) is 16.3. The van der Waals surface area contributed by atoms with Gasteiger partial charge in [0.1, 0.15) is 5.01 Å². The van der Waals surface area contributed by atoms with Crippen LogP contribution >= 0.6 is 11.3 Å². The van der Waals surface area contributed by atoms with Crippen LogP contribution in [0.2, 0.25) is 0 Å². The van der Waals surface area contributed by atoms with Gasteiger partial charge in [0.15, 0.2) is 5.96 Å². The molecule has 2 aliphatic rings. The van der Waals surface area contributed by atoms with Crippen molar-refractivity contribution >= 4 is 17.3 Å². The summed E-state index contributed by atoms with van der Waals surface area (Å²) in [5.41, 5.74) is 2.62. The number of likely N-dealkylation sites (tertiary alicyclic amines) is 1. The Morgan fingerprint density at radius 1 is 1.35 bits per heavy atom. The van der Waals surface area contributed by atoms with Gasteiger partial charge in [-0.3, -0.25) is 4.99 Å². The number of guanidine groups is 1. The molecule has 6 heteroatoms. The van der Waals surface area contributed by atoms with Gasteiger partial charge in [-0.05, 0) is 19.8 Å². The van der Waals surface area contributed by atoms with Gasteiger partial charge >= 0.3 is 0 Å². The zero-order chi connectivity index (χ0) is 18.0. The summed E-state index contributed by atoms with van der Waals surface area (Å²) in [6.45, 7) is 6.76. The molecular weight excluding hydrogens is 344 g/mol. The summed E-state index contributed by atoms with van der Waals surface area (Å²) >= 11 is 1.76. The van der Waals surface area contributed by atoms with Crippen molar-refractivity contribution in [1.82, 2.24) is 15.2 Å². The second-order valence-corrected chi connectivity index (χ2v) is 8.35. The zero-order valence-electron chi connectivity index (χ0n) is 15.5. The molecule has 4 rings (SSSR count). The van der Waals surface area contributed by atoms with Gasteiger partial charge in [0, 0.05) is 42.6 Å². The van der Waals surface area contributed by atoms with E-state index in [0.717, 1.165) is 49.5 Å². The summed E-state index contributed by atoms with van der Waals surface area (Å²) in [5.74, 6) is 0.989. The standard InChI is InChI=1S/C20H26N4OS/c1-15-17(26-18(23-15)16-6-4-3-5-7-16)12-22-19(21-2)24-10-8-20(13-24)9-11-25-14-20/h3-7H,8-14H2,1-2H3,(H,21,22). The van der Waals surface area contributed by atoms with E-state index in [-0.39, 0.29) is 0 Å². The minimum atomic E-state index is 0.346. The van der Waals surface area contributed by atoms with Gasteiger partial charge < -0.3 is 15.0 Å². The minimum absolute atomic E-state index is 0.346. The molecule has 2 saturated heterocycles. The van der Waals surface area contributed by atoms with Gasteiger partial charge in [-0.2, -0.15) is 0 Å². The van der Waals surface area contributed by atoms with E-state index < -0.39 is 0 Å². The maximum atomic E-state index is 5.64. The van der Waals surface area contributed by atoms with Crippen LogP contribution in [-0.2, 0) is 11.3 Å². The first kappa shape index (κ1) is 17.5. The van der Waals surface area contributed by atoms with Crippen LogP contribution in [0.1, 0.15) is 23.4 Å². The van der Waals surface area contributed by atoms with E-state index in [9.17, 15) is 0 Å². The van der Waals surface area contributed by atoms with Crippen LogP contribution in [0.3, 0.4) is 0 Å². The Balaban J connectivity index is 1.41. The van der Waals surface area contributed by atoms with Crippen molar-refractivity contribution in [2.45, 2.75) is 26.3 Å². The minimum Gasteiger partial charge on any atom is -0.381 e. The van der Waals surface area contributed by atoms with Crippen molar-refractivity contribution in [3.8, 4) is 10.6 Å². The fourth-order valence-electron chi connectivity index (χ4n) is 3.88. The van der Waals surface area contributed by atoms with Crippen molar-refractivity contribution < 1.29 is 4.74 Å². The summed E-state index contributed by atoms with van der Waals surface area (Å²) in [6, 6.07) is 10.4. The highest BCUT2D eigenvalue weighted by Crippen LogP contribution is 2.38. The molecule has 3 heterocycles. The van der Waals surface area contributed by atoms with E-state index in [2.05, 4.69) is 46.4 Å². The van der Waals surface area contributed by atoms with Gasteiger partial charge in [0.2, 0.25) is 0 Å². The highest BCUT2D eigenvalue weighted by Gasteiger charge is 2.42. The molecule has 0 bridgehead atoms. The van der Waals surface area contributed by atoms with Gasteiger partial charge in [-0.15, -0.1) is 11.3 Å². The Kier molecular flexibility index (Phi) is 4.96. The molecular formula is C20H26N4OS. The Bertz CT molecular complexity index is 780. The first-order chi connectivity index (χ1) is 12.7. The predicted octanol–water partition coefficient (Wildman–Crippen LogP) is 3.31. The molecule has 2 fully saturated rings. The maximum absolute atomic E-state index is 5.64. The molecule has 0 aliphatic carbocycles. The number of aromatic nitrogens is 1. The molecule has 1 unspecified atom stereocenters. The third kappa shape index (κ3) is 3.48. The van der Waals surface area contributed by atoms with Gasteiger partial charge in [0.25, 0.3) is 0 Å². The Labute approximate surface area is 159 Å². The fraction of sp³-hybridized carbons (Fsp3) is 0.500. The molecule has 1 atom stereocenters. The molecule has 2 aromatic rings. The molecule has 0 amide bonds. The number of nitrogens with zero attached hydrogens (tertiary/aromatic N) is 3. The van der Waals surface area contributed by atoms with Crippen LogP contribution in [0, 0.1) is 12.3 Å². The number of hydrogen-bond donors (Lipinski definition) is 1. The number of aryl methyl sites for hydroxylation is 1. The van der Waals surface area contributed by atoms with E-state index >= 15 is 0 Å². The Morgan fingerprint density at radius 2 is 2.19 bits per heavy atom. The maximum Gasteiger partial charge on any atom is 0.193 e. The number of benzene rings is 1. The number of ether oxygens (including phenoxy) is 1. The van der Waals surface area contributed by atoms with Crippen LogP contribution in [0.25, 0.3) is 10.6 Å². The lowest BCUT2D eigenvalue weighted by Gasteiger charge is -2.24. The average molecular weight is 371 g/mol. The van der Waals surface area contributed by atoms with Gasteiger partial charge in [-0.1, -0.05) is 30.3 Å². The number of aliphatic imine (C=N–C) groups is 1. The topological polar surface area (TPSA) is 49.8 Å². The van der Waals surface area contributed by atoms with Crippen LogP contribution in [-0.4, -0.2) is 49.2 Å². The number of thiazole rings is 1. The second-order valence-electron chi connectivity index (χ2n) is 7.27. The quantitative estimate of drug-likeness (QED) is 0.665. The van der Waals surface area contributed by atoms with E-state index in [1.165, 1.54) is 23.3 Å². The van der Waals surface area contributed by atoms with Gasteiger partial charge in [0.05, 0.1) is 18.8 Å². The summed E-state index contributed by atoms with van der Waals surface area (Å²) in [4.78, 5) is 12.9. The monoisotopic (exact) mass is 370 g/mol. The molecule has 0 saturated carbocycles. The highest BCUT2D eigenvalue weighted by atomic mass is 32.1. The first-order valence-electron chi connectivity index (χ1n) is 9.24. The smallest absolute Gasteiger partial charge is 0.193 e. The van der Waals surface area contributed by atoms with E-state index in [1.807, 2.05) is 13.1 Å². The van der Waals surface area contributed by atoms with Crippen LogP contribution in [0.4, 0.5) is 0 Å². The SMILES string of the molecule is CN=C(NCc1sc(-c2ccccc2)nc1C)N1CCC2(CCOC2)C1. The van der Waals surface area contributed by atoms with Crippen molar-refractivity contribution in [3.63, 3.8) is 0 Å². The molecule has 138 valence electrons. The average Bonchev–Trinajstić information content (AvgIpc) is 3.39. The van der Waals surface area contributed by atoms with Crippen molar-refractivity contribution in [2.75, 3.05) is 33.4 Å². The van der Waals surface area contributed by atoms with Crippen LogP contribution in [0.15, 0.2) is 35.3 Å². The summed E-state index contributed by atoms with van der Waals surface area (Å²) in [5, 5.41) is 4.63. The lowest BCUT2D eigenvalue weighted by molar-refractivity contribution is 0.156. The molecule has 1 N–H and O–H groups in total. The van der Waals surface area contributed by atoms with Crippen molar-refractivity contribution in [3.05, 3.63) is 40.9 Å². The third-order valence-electron chi connectivity index (χ3n) is 5.46. The number of hydrogen-bond acceptors (Lipinski definition) is 4. The van der Waals surface area contributed by atoms with E-state index in [0.29, 0.717) is 5.41 Å². The molecule has 1 aromatic heterocycles. The van der Waals surface area contributed by atoms with Crippen LogP contribution < -0.4 is 5.32 Å². The van der Waals surface area contributed by atoms with Gasteiger partial charge in [-0.25, -0.2) is 4.98 Å². The van der Waals surface area contributed by atoms with E-state index in [1.54, 1.807) is 11.3 Å².